The minimum Gasteiger partial charge on any atom is -0.441 e. The number of ether oxygens (including phenoxy) is 1. The van der Waals surface area contributed by atoms with E-state index in [-0.39, 0.29) is 17.2 Å². The number of aromatic nitrogens is 1. The van der Waals surface area contributed by atoms with Crippen molar-refractivity contribution in [3.05, 3.63) is 65.2 Å². The second-order valence-electron chi connectivity index (χ2n) is 8.46. The number of carbonyl (C=O) groups is 1. The minimum absolute atomic E-state index is 0.159. The van der Waals surface area contributed by atoms with Crippen molar-refractivity contribution < 1.29 is 22.4 Å². The van der Waals surface area contributed by atoms with Crippen molar-refractivity contribution in [1.29, 1.82) is 0 Å². The van der Waals surface area contributed by atoms with E-state index in [1.807, 2.05) is 25.1 Å². The molecule has 1 aliphatic rings. The lowest BCUT2D eigenvalue weighted by Crippen LogP contribution is -2.40. The number of anilines is 1. The number of benzene rings is 2. The van der Waals surface area contributed by atoms with Crippen molar-refractivity contribution >= 4 is 21.6 Å². The summed E-state index contributed by atoms with van der Waals surface area (Å²) >= 11 is 0. The van der Waals surface area contributed by atoms with Gasteiger partial charge in [0.15, 0.2) is 11.7 Å². The van der Waals surface area contributed by atoms with Crippen LogP contribution >= 0.6 is 0 Å². The van der Waals surface area contributed by atoms with Crippen LogP contribution in [0.25, 0.3) is 11.3 Å². The third-order valence-corrected chi connectivity index (χ3v) is 8.01. The Labute approximate surface area is 200 Å². The first-order chi connectivity index (χ1) is 16.2. The number of hydrogen-bond donors (Lipinski definition) is 1. The third-order valence-electron chi connectivity index (χ3n) is 5.97. The van der Waals surface area contributed by atoms with Gasteiger partial charge in [0.1, 0.15) is 0 Å². The summed E-state index contributed by atoms with van der Waals surface area (Å²) in [6.45, 7) is 7.23. The summed E-state index contributed by atoms with van der Waals surface area (Å²) in [7, 11) is -3.66. The zero-order valence-electron chi connectivity index (χ0n) is 19.6. The van der Waals surface area contributed by atoms with Gasteiger partial charge in [0, 0.05) is 37.2 Å². The number of aryl methyl sites for hydroxylation is 4. The largest absolute Gasteiger partial charge is 0.441 e. The van der Waals surface area contributed by atoms with Gasteiger partial charge in [-0.15, -0.1) is 0 Å². The van der Waals surface area contributed by atoms with Gasteiger partial charge in [-0.25, -0.2) is 13.4 Å². The molecule has 0 saturated carbocycles. The molecule has 2 heterocycles. The van der Waals surface area contributed by atoms with Crippen molar-refractivity contribution in [2.24, 2.45) is 0 Å². The maximum Gasteiger partial charge on any atom is 0.243 e. The average Bonchev–Trinajstić information content (AvgIpc) is 3.30. The van der Waals surface area contributed by atoms with Crippen LogP contribution in [0, 0.1) is 20.8 Å². The van der Waals surface area contributed by atoms with E-state index in [2.05, 4.69) is 17.2 Å². The summed E-state index contributed by atoms with van der Waals surface area (Å²) in [6, 6.07) is 11.0. The monoisotopic (exact) mass is 483 g/mol. The van der Waals surface area contributed by atoms with Gasteiger partial charge in [0.25, 0.3) is 0 Å². The van der Waals surface area contributed by atoms with Gasteiger partial charge in [0.05, 0.1) is 24.3 Å². The van der Waals surface area contributed by atoms with Gasteiger partial charge in [0.2, 0.25) is 15.9 Å². The van der Waals surface area contributed by atoms with Crippen LogP contribution in [0.15, 0.2) is 51.9 Å². The molecule has 3 aromatic rings. The summed E-state index contributed by atoms with van der Waals surface area (Å²) in [5, 5.41) is 2.79. The highest BCUT2D eigenvalue weighted by molar-refractivity contribution is 7.89. The summed E-state index contributed by atoms with van der Waals surface area (Å²) in [6.07, 6.45) is 2.16. The Morgan fingerprint density at radius 3 is 2.50 bits per heavy atom. The van der Waals surface area contributed by atoms with Gasteiger partial charge in [-0.3, -0.25) is 4.79 Å². The quantitative estimate of drug-likeness (QED) is 0.548. The summed E-state index contributed by atoms with van der Waals surface area (Å²) in [5.74, 6) is 0.891. The Morgan fingerprint density at radius 1 is 1.03 bits per heavy atom. The van der Waals surface area contributed by atoms with E-state index in [1.165, 1.54) is 21.5 Å². The molecule has 0 radical (unpaired) electrons. The second kappa shape index (κ2) is 10.1. The molecule has 1 N–H and O–H groups in total. The van der Waals surface area contributed by atoms with Gasteiger partial charge in [-0.2, -0.15) is 4.31 Å². The van der Waals surface area contributed by atoms with E-state index in [1.54, 1.807) is 25.3 Å². The van der Waals surface area contributed by atoms with Gasteiger partial charge in [-0.05, 0) is 55.7 Å². The molecule has 8 nitrogen and oxygen atoms in total. The highest BCUT2D eigenvalue weighted by atomic mass is 32.2. The maximum absolute atomic E-state index is 13.1. The van der Waals surface area contributed by atoms with E-state index in [4.69, 9.17) is 9.15 Å². The summed E-state index contributed by atoms with van der Waals surface area (Å²) < 4.78 is 38.6. The maximum atomic E-state index is 13.1. The summed E-state index contributed by atoms with van der Waals surface area (Å²) in [4.78, 5) is 17.0. The number of oxazole rings is 1. The lowest BCUT2D eigenvalue weighted by atomic mass is 10.1. The molecule has 4 rings (SSSR count). The molecular formula is C25H29N3O5S. The first kappa shape index (κ1) is 24.1. The molecule has 1 aromatic heterocycles. The van der Waals surface area contributed by atoms with Gasteiger partial charge in [-0.1, -0.05) is 18.2 Å². The Kier molecular flexibility index (Phi) is 7.16. The van der Waals surface area contributed by atoms with E-state index in [0.29, 0.717) is 55.6 Å². The Morgan fingerprint density at radius 2 is 1.76 bits per heavy atom. The number of carbonyl (C=O) groups excluding carboxylic acids is 1. The number of nitrogens with one attached hydrogen (secondary N) is 1. The molecule has 1 aliphatic heterocycles. The first-order valence-corrected chi connectivity index (χ1v) is 12.7. The van der Waals surface area contributed by atoms with Crippen LogP contribution in [0.2, 0.25) is 0 Å². The Hall–Kier alpha value is -3.01. The van der Waals surface area contributed by atoms with Crippen molar-refractivity contribution in [3.8, 4) is 11.3 Å². The van der Waals surface area contributed by atoms with Gasteiger partial charge >= 0.3 is 0 Å². The van der Waals surface area contributed by atoms with Crippen LogP contribution in [-0.2, 0) is 26.0 Å². The number of rotatable bonds is 7. The lowest BCUT2D eigenvalue weighted by molar-refractivity contribution is -0.116. The zero-order valence-corrected chi connectivity index (χ0v) is 20.4. The van der Waals surface area contributed by atoms with E-state index >= 15 is 0 Å². The lowest BCUT2D eigenvalue weighted by Gasteiger charge is -2.26. The molecule has 0 spiro atoms. The fraction of sp³-hybridized carbons (Fsp3) is 0.360. The third kappa shape index (κ3) is 5.38. The number of sulfonamides is 1. The highest BCUT2D eigenvalue weighted by Gasteiger charge is 2.28. The molecule has 0 aliphatic carbocycles. The smallest absolute Gasteiger partial charge is 0.243 e. The van der Waals surface area contributed by atoms with Crippen LogP contribution in [-0.4, -0.2) is 49.9 Å². The molecule has 0 bridgehead atoms. The van der Waals surface area contributed by atoms with E-state index in [9.17, 15) is 13.2 Å². The Bertz CT molecular complexity index is 1290. The highest BCUT2D eigenvalue weighted by Crippen LogP contribution is 2.25. The molecule has 0 unspecified atom stereocenters. The molecular weight excluding hydrogens is 454 g/mol. The predicted molar refractivity (Wildman–Crippen MR) is 129 cm³/mol. The van der Waals surface area contributed by atoms with Crippen molar-refractivity contribution in [2.75, 3.05) is 31.6 Å². The minimum atomic E-state index is -3.66. The van der Waals surface area contributed by atoms with E-state index in [0.717, 1.165) is 5.56 Å². The number of morpholine rings is 1. The molecule has 1 saturated heterocycles. The topological polar surface area (TPSA) is 102 Å². The first-order valence-electron chi connectivity index (χ1n) is 11.2. The van der Waals surface area contributed by atoms with Gasteiger partial charge < -0.3 is 14.5 Å². The van der Waals surface area contributed by atoms with Crippen LogP contribution in [0.1, 0.15) is 29.0 Å². The molecule has 1 fully saturated rings. The standard InChI is InChI=1S/C25H29N3O5S/c1-17-4-6-20(14-19(17)3)22-16-26-25(33-22)9-8-24(29)27-21-7-5-18(2)23(15-21)34(30,31)28-10-12-32-13-11-28/h4-7,14-16H,8-13H2,1-3H3,(H,27,29). The number of hydrogen-bond acceptors (Lipinski definition) is 6. The van der Waals surface area contributed by atoms with Crippen LogP contribution < -0.4 is 5.32 Å². The Balaban J connectivity index is 1.39. The van der Waals surface area contributed by atoms with Crippen molar-refractivity contribution in [3.63, 3.8) is 0 Å². The zero-order chi connectivity index (χ0) is 24.3. The molecule has 34 heavy (non-hydrogen) atoms. The number of nitrogens with zero attached hydrogens (tertiary/aromatic N) is 2. The van der Waals surface area contributed by atoms with Crippen LogP contribution in [0.5, 0.6) is 0 Å². The van der Waals surface area contributed by atoms with E-state index < -0.39 is 10.0 Å². The molecule has 1 amide bonds. The normalized spacial score (nSPS) is 14.8. The molecule has 2 aromatic carbocycles. The predicted octanol–water partition coefficient (Wildman–Crippen LogP) is 3.86. The van der Waals surface area contributed by atoms with Crippen LogP contribution in [0.3, 0.4) is 0 Å². The fourth-order valence-electron chi connectivity index (χ4n) is 3.78. The molecule has 180 valence electrons. The fourth-order valence-corrected chi connectivity index (χ4v) is 5.44. The van der Waals surface area contributed by atoms with Crippen molar-refractivity contribution in [1.82, 2.24) is 9.29 Å². The SMILES string of the molecule is Cc1ccc(-c2cnc(CCC(=O)Nc3ccc(C)c(S(=O)(=O)N4CCOCC4)c3)o2)cc1C. The second-order valence-corrected chi connectivity index (χ2v) is 10.4. The van der Waals surface area contributed by atoms with Crippen molar-refractivity contribution in [2.45, 2.75) is 38.5 Å². The molecule has 0 atom stereocenters. The van der Waals surface area contributed by atoms with Crippen LogP contribution in [0.4, 0.5) is 5.69 Å². The molecule has 9 heteroatoms. The number of amides is 1. The average molecular weight is 484 g/mol. The summed E-state index contributed by atoms with van der Waals surface area (Å²) in [5.41, 5.74) is 4.38.